The van der Waals surface area contributed by atoms with E-state index in [0.717, 1.165) is 64.0 Å². The lowest BCUT2D eigenvalue weighted by molar-refractivity contribution is -0.387. The number of anilines is 1. The Morgan fingerprint density at radius 3 is 1.60 bits per heavy atom. The van der Waals surface area contributed by atoms with Crippen molar-refractivity contribution in [2.45, 2.75) is 37.8 Å². The summed E-state index contributed by atoms with van der Waals surface area (Å²) in [6.45, 7) is 3.37. The number of nitro groups is 1. The Labute approximate surface area is 228 Å². The monoisotopic (exact) mass is 568 g/mol. The van der Waals surface area contributed by atoms with Crippen LogP contribution in [0.5, 0.6) is 0 Å². The summed E-state index contributed by atoms with van der Waals surface area (Å²) in [7, 11) is 3.97. The van der Waals surface area contributed by atoms with Crippen molar-refractivity contribution in [1.82, 2.24) is 20.4 Å². The molecule has 218 valence electrons. The minimum Gasteiger partial charge on any atom is -0.396 e. The van der Waals surface area contributed by atoms with Crippen molar-refractivity contribution in [2.75, 3.05) is 46.0 Å². The first-order chi connectivity index (χ1) is 18.8. The maximum absolute atomic E-state index is 13.7. The molecule has 2 aliphatic heterocycles. The first-order valence-corrected chi connectivity index (χ1v) is 12.7. The van der Waals surface area contributed by atoms with Crippen LogP contribution in [0.1, 0.15) is 46.4 Å². The molecule has 2 amide bonds. The lowest BCUT2D eigenvalue weighted by Crippen LogP contribution is -2.43. The fourth-order valence-corrected chi connectivity index (χ4v) is 4.42. The lowest BCUT2D eigenvalue weighted by Gasteiger charge is -2.29. The van der Waals surface area contributed by atoms with Crippen LogP contribution in [-0.4, -0.2) is 78.9 Å². The molecular formula is C26H32F4N6O4. The Bertz CT molecular complexity index is 1250. The number of hydrogen-bond donors (Lipinski definition) is 3. The van der Waals surface area contributed by atoms with Gasteiger partial charge >= 0.3 is 5.69 Å². The standard InChI is InChI=1S/C13H15F2N3O3.C13H17F2N3O/c1-17-4-2-8(3-5-17)16-13(19)9-6-11(15)12(18(20)21)7-10(9)14;1-18-4-2-8(3-5-18)17-13(19)9-6-11(15)12(16)7-10(9)14/h6-8H,2-5H2,1H3,(H,16,19);6-8H,2-5,16H2,1H3,(H,17,19). The van der Waals surface area contributed by atoms with E-state index in [-0.39, 0.29) is 23.3 Å². The van der Waals surface area contributed by atoms with Crippen molar-refractivity contribution in [1.29, 1.82) is 0 Å². The van der Waals surface area contributed by atoms with Gasteiger partial charge in [0.15, 0.2) is 0 Å². The molecule has 2 heterocycles. The van der Waals surface area contributed by atoms with Gasteiger partial charge < -0.3 is 26.2 Å². The molecular weight excluding hydrogens is 536 g/mol. The van der Waals surface area contributed by atoms with Crippen LogP contribution >= 0.6 is 0 Å². The van der Waals surface area contributed by atoms with Gasteiger partial charge in [0, 0.05) is 18.2 Å². The maximum Gasteiger partial charge on any atom is 0.307 e. The Kier molecular flexibility index (Phi) is 10.4. The summed E-state index contributed by atoms with van der Waals surface area (Å²) in [5.41, 5.74) is 3.14. The smallest absolute Gasteiger partial charge is 0.307 e. The molecule has 0 atom stereocenters. The number of nitro benzene ring substituents is 1. The van der Waals surface area contributed by atoms with Gasteiger partial charge in [-0.05, 0) is 78.1 Å². The third-order valence-electron chi connectivity index (χ3n) is 6.92. The van der Waals surface area contributed by atoms with Gasteiger partial charge in [0.2, 0.25) is 5.82 Å². The highest BCUT2D eigenvalue weighted by atomic mass is 19.1. The summed E-state index contributed by atoms with van der Waals surface area (Å²) in [6.07, 6.45) is 3.06. The van der Waals surface area contributed by atoms with E-state index in [4.69, 9.17) is 5.73 Å². The number of halogens is 4. The van der Waals surface area contributed by atoms with Crippen molar-refractivity contribution in [3.05, 3.63) is 68.8 Å². The van der Waals surface area contributed by atoms with Gasteiger partial charge in [0.05, 0.1) is 27.8 Å². The second-order valence-corrected chi connectivity index (χ2v) is 10.00. The van der Waals surface area contributed by atoms with Crippen LogP contribution in [0, 0.1) is 33.4 Å². The molecule has 0 aliphatic carbocycles. The van der Waals surface area contributed by atoms with Crippen LogP contribution < -0.4 is 16.4 Å². The number of amides is 2. The first-order valence-electron chi connectivity index (χ1n) is 12.7. The molecule has 0 saturated carbocycles. The average molecular weight is 569 g/mol. The van der Waals surface area contributed by atoms with Crippen molar-refractivity contribution in [2.24, 2.45) is 0 Å². The van der Waals surface area contributed by atoms with E-state index in [1.54, 1.807) is 0 Å². The fraction of sp³-hybridized carbons (Fsp3) is 0.462. The molecule has 0 aromatic heterocycles. The molecule has 14 heteroatoms. The van der Waals surface area contributed by atoms with Crippen LogP contribution in [0.3, 0.4) is 0 Å². The summed E-state index contributed by atoms with van der Waals surface area (Å²) in [5, 5.41) is 15.9. The topological polar surface area (TPSA) is 134 Å². The van der Waals surface area contributed by atoms with Crippen LogP contribution in [0.4, 0.5) is 28.9 Å². The maximum atomic E-state index is 13.7. The minimum absolute atomic E-state index is 0.00344. The molecule has 2 saturated heterocycles. The van der Waals surface area contributed by atoms with Gasteiger partial charge in [-0.3, -0.25) is 19.7 Å². The Hall–Kier alpha value is -3.78. The molecule has 2 aromatic carbocycles. The lowest BCUT2D eigenvalue weighted by atomic mass is 10.0. The molecule has 2 fully saturated rings. The molecule has 4 N–H and O–H groups in total. The zero-order valence-corrected chi connectivity index (χ0v) is 22.2. The zero-order chi connectivity index (χ0) is 29.6. The largest absolute Gasteiger partial charge is 0.396 e. The number of rotatable bonds is 5. The highest BCUT2D eigenvalue weighted by Crippen LogP contribution is 2.22. The summed E-state index contributed by atoms with van der Waals surface area (Å²) in [5.74, 6) is -5.26. The summed E-state index contributed by atoms with van der Waals surface area (Å²) in [6, 6.07) is 2.57. The molecule has 40 heavy (non-hydrogen) atoms. The van der Waals surface area contributed by atoms with E-state index in [9.17, 15) is 37.3 Å². The van der Waals surface area contributed by atoms with Crippen LogP contribution in [0.25, 0.3) is 0 Å². The highest BCUT2D eigenvalue weighted by Gasteiger charge is 2.25. The number of piperidine rings is 2. The van der Waals surface area contributed by atoms with E-state index >= 15 is 0 Å². The second kappa shape index (κ2) is 13.5. The molecule has 4 rings (SSSR count). The van der Waals surface area contributed by atoms with E-state index < -0.39 is 51.3 Å². The van der Waals surface area contributed by atoms with Gasteiger partial charge in [-0.2, -0.15) is 4.39 Å². The third-order valence-corrected chi connectivity index (χ3v) is 6.92. The van der Waals surface area contributed by atoms with Gasteiger partial charge in [0.25, 0.3) is 11.8 Å². The Morgan fingerprint density at radius 2 is 1.18 bits per heavy atom. The number of carbonyl (C=O) groups excluding carboxylic acids is 2. The van der Waals surface area contributed by atoms with Gasteiger partial charge in [-0.15, -0.1) is 0 Å². The van der Waals surface area contributed by atoms with Crippen LogP contribution in [0.15, 0.2) is 24.3 Å². The van der Waals surface area contributed by atoms with Crippen LogP contribution in [0.2, 0.25) is 0 Å². The third kappa shape index (κ3) is 8.11. The molecule has 2 aromatic rings. The van der Waals surface area contributed by atoms with Crippen molar-refractivity contribution < 1.29 is 32.1 Å². The fourth-order valence-electron chi connectivity index (χ4n) is 4.42. The van der Waals surface area contributed by atoms with E-state index in [1.165, 1.54) is 0 Å². The Balaban J connectivity index is 0.000000222. The van der Waals surface area contributed by atoms with E-state index in [1.807, 2.05) is 14.1 Å². The summed E-state index contributed by atoms with van der Waals surface area (Å²) < 4.78 is 54.0. The molecule has 2 aliphatic rings. The van der Waals surface area contributed by atoms with Gasteiger partial charge in [-0.25, -0.2) is 13.2 Å². The van der Waals surface area contributed by atoms with Crippen LogP contribution in [-0.2, 0) is 0 Å². The van der Waals surface area contributed by atoms with Gasteiger partial charge in [0.1, 0.15) is 17.5 Å². The number of benzene rings is 2. The minimum atomic E-state index is -1.23. The Morgan fingerprint density at radius 1 is 0.775 bits per heavy atom. The number of nitrogen functional groups attached to an aromatic ring is 1. The van der Waals surface area contributed by atoms with Crippen molar-refractivity contribution in [3.63, 3.8) is 0 Å². The first kappa shape index (κ1) is 30.8. The molecule has 0 spiro atoms. The van der Waals surface area contributed by atoms with Gasteiger partial charge in [-0.1, -0.05) is 0 Å². The number of likely N-dealkylation sites (tertiary alicyclic amines) is 2. The number of nitrogens with two attached hydrogens (primary N) is 1. The summed E-state index contributed by atoms with van der Waals surface area (Å²) in [4.78, 5) is 37.6. The van der Waals surface area contributed by atoms with E-state index in [2.05, 4.69) is 20.4 Å². The number of nitrogens with one attached hydrogen (secondary N) is 2. The van der Waals surface area contributed by atoms with Crippen molar-refractivity contribution >= 4 is 23.2 Å². The predicted octanol–water partition coefficient (Wildman–Crippen LogP) is 3.07. The SMILES string of the molecule is CN1CCC(NC(=O)c2cc(F)c(N)cc2F)CC1.CN1CCC(NC(=O)c2cc(F)c([N+](=O)[O-])cc2F)CC1. The van der Waals surface area contributed by atoms with Crippen molar-refractivity contribution in [3.8, 4) is 0 Å². The molecule has 0 radical (unpaired) electrons. The predicted molar refractivity (Wildman–Crippen MR) is 140 cm³/mol. The molecule has 0 bridgehead atoms. The zero-order valence-electron chi connectivity index (χ0n) is 22.2. The number of nitrogens with zero attached hydrogens (tertiary/aromatic N) is 3. The average Bonchev–Trinajstić information content (AvgIpc) is 2.90. The summed E-state index contributed by atoms with van der Waals surface area (Å²) >= 11 is 0. The quantitative estimate of drug-likeness (QED) is 0.219. The number of carbonyl (C=O) groups is 2. The highest BCUT2D eigenvalue weighted by molar-refractivity contribution is 5.95. The normalized spacial score (nSPS) is 17.1. The number of hydrogen-bond acceptors (Lipinski definition) is 7. The second-order valence-electron chi connectivity index (χ2n) is 10.00. The molecule has 0 unspecified atom stereocenters. The molecule has 10 nitrogen and oxygen atoms in total. The van der Waals surface area contributed by atoms with E-state index in [0.29, 0.717) is 12.1 Å².